The van der Waals surface area contributed by atoms with Crippen molar-refractivity contribution in [3.05, 3.63) is 64.7 Å². The molecule has 9 heteroatoms. The standard InChI is InChI=1S/C27H36ClN3O4S/c1-4-24(27(33)29-22-10-6-5-7-11-22)30(18-21-16-14-20(2)15-17-21)26(32)19-31(36(3,34)35)25-13-9-8-12-23(25)28/h8-9,12-17,22,24H,4-7,10-11,18-19H2,1-3H3,(H,29,33)/t24-/m0/s1. The van der Waals surface area contributed by atoms with Crippen LogP contribution in [0.4, 0.5) is 5.69 Å². The maximum Gasteiger partial charge on any atom is 0.244 e. The summed E-state index contributed by atoms with van der Waals surface area (Å²) in [7, 11) is -3.82. The number of halogens is 1. The van der Waals surface area contributed by atoms with Crippen molar-refractivity contribution in [2.24, 2.45) is 0 Å². The highest BCUT2D eigenvalue weighted by Gasteiger charge is 2.33. The second kappa shape index (κ2) is 12.6. The highest BCUT2D eigenvalue weighted by atomic mass is 35.5. The molecule has 1 N–H and O–H groups in total. The van der Waals surface area contributed by atoms with E-state index in [1.165, 1.54) is 11.3 Å². The molecule has 36 heavy (non-hydrogen) atoms. The van der Waals surface area contributed by atoms with Crippen LogP contribution in [0.15, 0.2) is 48.5 Å². The number of nitrogens with zero attached hydrogens (tertiary/aromatic N) is 2. The first-order valence-electron chi connectivity index (χ1n) is 12.5. The van der Waals surface area contributed by atoms with Gasteiger partial charge in [-0.3, -0.25) is 13.9 Å². The Kier molecular flexibility index (Phi) is 9.79. The minimum atomic E-state index is -3.82. The van der Waals surface area contributed by atoms with E-state index in [1.807, 2.05) is 38.1 Å². The number of carbonyl (C=O) groups excluding carboxylic acids is 2. The number of sulfonamides is 1. The Labute approximate surface area is 219 Å². The van der Waals surface area contributed by atoms with Crippen LogP contribution in [0, 0.1) is 6.92 Å². The zero-order valence-corrected chi connectivity index (χ0v) is 22.8. The number of rotatable bonds is 10. The zero-order chi connectivity index (χ0) is 26.3. The van der Waals surface area contributed by atoms with Crippen molar-refractivity contribution in [1.29, 1.82) is 0 Å². The summed E-state index contributed by atoms with van der Waals surface area (Å²) in [5.41, 5.74) is 2.17. The average Bonchev–Trinajstić information content (AvgIpc) is 2.84. The summed E-state index contributed by atoms with van der Waals surface area (Å²) in [6.45, 7) is 3.58. The third-order valence-corrected chi connectivity index (χ3v) is 8.06. The van der Waals surface area contributed by atoms with Crippen LogP contribution in [0.2, 0.25) is 5.02 Å². The highest BCUT2D eigenvalue weighted by Crippen LogP contribution is 2.28. The lowest BCUT2D eigenvalue weighted by Gasteiger charge is -2.34. The molecule has 1 aliphatic carbocycles. The third kappa shape index (κ3) is 7.46. The molecule has 1 fully saturated rings. The Morgan fingerprint density at radius 3 is 2.28 bits per heavy atom. The molecule has 0 heterocycles. The van der Waals surface area contributed by atoms with E-state index in [0.717, 1.165) is 47.4 Å². The summed E-state index contributed by atoms with van der Waals surface area (Å²) in [5.74, 6) is -0.667. The monoisotopic (exact) mass is 533 g/mol. The molecule has 1 saturated carbocycles. The normalized spacial score (nSPS) is 15.2. The summed E-state index contributed by atoms with van der Waals surface area (Å²) in [5, 5.41) is 3.36. The van der Waals surface area contributed by atoms with Gasteiger partial charge in [0, 0.05) is 12.6 Å². The molecule has 2 amide bonds. The Morgan fingerprint density at radius 1 is 1.06 bits per heavy atom. The molecule has 0 radical (unpaired) electrons. The molecule has 196 valence electrons. The molecule has 2 aromatic carbocycles. The average molecular weight is 534 g/mol. The predicted molar refractivity (Wildman–Crippen MR) is 144 cm³/mol. The molecular weight excluding hydrogens is 498 g/mol. The smallest absolute Gasteiger partial charge is 0.244 e. The number of carbonyl (C=O) groups is 2. The second-order valence-corrected chi connectivity index (χ2v) is 11.8. The van der Waals surface area contributed by atoms with E-state index in [1.54, 1.807) is 24.3 Å². The van der Waals surface area contributed by atoms with Crippen molar-refractivity contribution in [3.8, 4) is 0 Å². The lowest BCUT2D eigenvalue weighted by molar-refractivity contribution is -0.140. The molecule has 0 bridgehead atoms. The SMILES string of the molecule is CC[C@@H](C(=O)NC1CCCCC1)N(Cc1ccc(C)cc1)C(=O)CN(c1ccccc1Cl)S(C)(=O)=O. The Bertz CT molecular complexity index is 1150. The number of nitrogens with one attached hydrogen (secondary N) is 1. The van der Waals surface area contributed by atoms with E-state index in [0.29, 0.717) is 6.42 Å². The van der Waals surface area contributed by atoms with Crippen LogP contribution in [0.3, 0.4) is 0 Å². The molecular formula is C27H36ClN3O4S. The lowest BCUT2D eigenvalue weighted by Crippen LogP contribution is -2.54. The van der Waals surface area contributed by atoms with Gasteiger partial charge in [-0.15, -0.1) is 0 Å². The fourth-order valence-corrected chi connectivity index (χ4v) is 5.75. The number of amides is 2. The molecule has 2 aromatic rings. The van der Waals surface area contributed by atoms with Gasteiger partial charge in [-0.1, -0.05) is 79.7 Å². The van der Waals surface area contributed by atoms with E-state index in [-0.39, 0.29) is 29.2 Å². The lowest BCUT2D eigenvalue weighted by atomic mass is 9.95. The van der Waals surface area contributed by atoms with Crippen molar-refractivity contribution in [2.45, 2.75) is 71.0 Å². The fourth-order valence-electron chi connectivity index (χ4n) is 4.60. The quantitative estimate of drug-likeness (QED) is 0.481. The van der Waals surface area contributed by atoms with Gasteiger partial charge in [0.2, 0.25) is 21.8 Å². The molecule has 0 spiro atoms. The molecule has 0 aromatic heterocycles. The Balaban J connectivity index is 1.91. The van der Waals surface area contributed by atoms with E-state index >= 15 is 0 Å². The summed E-state index contributed by atoms with van der Waals surface area (Å²) < 4.78 is 26.4. The number of aryl methyl sites for hydroxylation is 1. The number of anilines is 1. The van der Waals surface area contributed by atoms with Gasteiger partial charge in [-0.25, -0.2) is 8.42 Å². The number of benzene rings is 2. The van der Waals surface area contributed by atoms with Gasteiger partial charge in [0.05, 0.1) is 17.0 Å². The first kappa shape index (κ1) is 28.0. The van der Waals surface area contributed by atoms with Crippen LogP contribution in [0.1, 0.15) is 56.6 Å². The van der Waals surface area contributed by atoms with Gasteiger partial charge in [0.1, 0.15) is 12.6 Å². The molecule has 0 aliphatic heterocycles. The van der Waals surface area contributed by atoms with E-state index < -0.39 is 28.5 Å². The Morgan fingerprint density at radius 2 is 1.69 bits per heavy atom. The van der Waals surface area contributed by atoms with Crippen molar-refractivity contribution < 1.29 is 18.0 Å². The fraction of sp³-hybridized carbons (Fsp3) is 0.481. The van der Waals surface area contributed by atoms with Gasteiger partial charge in [0.25, 0.3) is 0 Å². The largest absolute Gasteiger partial charge is 0.352 e. The van der Waals surface area contributed by atoms with Crippen molar-refractivity contribution in [3.63, 3.8) is 0 Å². The van der Waals surface area contributed by atoms with Crippen LogP contribution >= 0.6 is 11.6 Å². The van der Waals surface area contributed by atoms with Gasteiger partial charge < -0.3 is 10.2 Å². The van der Waals surface area contributed by atoms with Crippen molar-refractivity contribution in [2.75, 3.05) is 17.1 Å². The van der Waals surface area contributed by atoms with Gasteiger partial charge in [0.15, 0.2) is 0 Å². The summed E-state index contributed by atoms with van der Waals surface area (Å²) >= 11 is 6.29. The van der Waals surface area contributed by atoms with Crippen LogP contribution in [0.5, 0.6) is 0 Å². The predicted octanol–water partition coefficient (Wildman–Crippen LogP) is 4.67. The molecule has 7 nitrogen and oxygen atoms in total. The van der Waals surface area contributed by atoms with Crippen molar-refractivity contribution >= 4 is 39.1 Å². The van der Waals surface area contributed by atoms with Crippen molar-refractivity contribution in [1.82, 2.24) is 10.2 Å². The van der Waals surface area contributed by atoms with Crippen LogP contribution < -0.4 is 9.62 Å². The topological polar surface area (TPSA) is 86.8 Å². The van der Waals surface area contributed by atoms with E-state index in [2.05, 4.69) is 5.32 Å². The van der Waals surface area contributed by atoms with Crippen LogP contribution in [-0.2, 0) is 26.2 Å². The molecule has 0 unspecified atom stereocenters. The molecule has 1 atom stereocenters. The number of hydrogen-bond acceptors (Lipinski definition) is 4. The first-order valence-corrected chi connectivity index (χ1v) is 14.7. The number of hydrogen-bond donors (Lipinski definition) is 1. The van der Waals surface area contributed by atoms with E-state index in [4.69, 9.17) is 11.6 Å². The summed E-state index contributed by atoms with van der Waals surface area (Å²) in [6.07, 6.45) is 6.64. The zero-order valence-electron chi connectivity index (χ0n) is 21.2. The third-order valence-electron chi connectivity index (χ3n) is 6.61. The second-order valence-electron chi connectivity index (χ2n) is 9.50. The minimum absolute atomic E-state index is 0.104. The van der Waals surface area contributed by atoms with E-state index in [9.17, 15) is 18.0 Å². The Hall–Kier alpha value is -2.58. The van der Waals surface area contributed by atoms with Crippen LogP contribution in [0.25, 0.3) is 0 Å². The van der Waals surface area contributed by atoms with Crippen LogP contribution in [-0.4, -0.2) is 50.0 Å². The summed E-state index contributed by atoms with van der Waals surface area (Å²) in [4.78, 5) is 28.6. The number of para-hydroxylation sites is 1. The molecule has 3 rings (SSSR count). The van der Waals surface area contributed by atoms with Gasteiger partial charge >= 0.3 is 0 Å². The van der Waals surface area contributed by atoms with Gasteiger partial charge in [-0.2, -0.15) is 0 Å². The first-order chi connectivity index (χ1) is 17.1. The molecule has 0 saturated heterocycles. The highest BCUT2D eigenvalue weighted by molar-refractivity contribution is 7.92. The van der Waals surface area contributed by atoms with Gasteiger partial charge in [-0.05, 0) is 43.9 Å². The maximum absolute atomic E-state index is 13.7. The maximum atomic E-state index is 13.7. The molecule has 1 aliphatic rings. The summed E-state index contributed by atoms with van der Waals surface area (Å²) in [6, 6.07) is 13.6. The minimum Gasteiger partial charge on any atom is -0.352 e.